The molecule has 0 spiro atoms. The molecule has 0 radical (unpaired) electrons. The van der Waals surface area contributed by atoms with Crippen LogP contribution < -0.4 is 5.32 Å². The molecule has 5 nitrogen and oxygen atoms in total. The molecule has 0 aliphatic carbocycles. The van der Waals surface area contributed by atoms with Crippen molar-refractivity contribution in [3.63, 3.8) is 0 Å². The topological polar surface area (TPSA) is 50.3 Å². The summed E-state index contributed by atoms with van der Waals surface area (Å²) >= 11 is 0. The second-order valence-electron chi connectivity index (χ2n) is 6.22. The van der Waals surface area contributed by atoms with Gasteiger partial charge in [0.2, 0.25) is 0 Å². The molecule has 2 aromatic rings. The van der Waals surface area contributed by atoms with Gasteiger partial charge in [0, 0.05) is 24.5 Å². The molecule has 2 aliphatic heterocycles. The number of nitrogens with zero attached hydrogens (tertiary/aromatic N) is 3. The molecule has 2 aliphatic rings. The van der Waals surface area contributed by atoms with Gasteiger partial charge in [0.1, 0.15) is 12.1 Å². The zero-order chi connectivity index (χ0) is 14.8. The monoisotopic (exact) mass is 298 g/mol. The Morgan fingerprint density at radius 3 is 3.18 bits per heavy atom. The van der Waals surface area contributed by atoms with E-state index < -0.39 is 0 Å². The van der Waals surface area contributed by atoms with Gasteiger partial charge in [-0.25, -0.2) is 9.97 Å². The van der Waals surface area contributed by atoms with Crippen molar-refractivity contribution in [2.45, 2.75) is 31.4 Å². The van der Waals surface area contributed by atoms with Gasteiger partial charge >= 0.3 is 0 Å². The van der Waals surface area contributed by atoms with Gasteiger partial charge in [0.15, 0.2) is 0 Å². The Bertz CT molecular complexity index is 642. The lowest BCUT2D eigenvalue weighted by atomic mass is 10.0. The van der Waals surface area contributed by atoms with Crippen molar-refractivity contribution < 1.29 is 4.74 Å². The van der Waals surface area contributed by atoms with Crippen LogP contribution >= 0.6 is 0 Å². The molecule has 1 aromatic heterocycles. The van der Waals surface area contributed by atoms with Crippen LogP contribution in [0.4, 0.5) is 5.82 Å². The number of fused-ring (bicyclic) bond motifs is 2. The molecule has 2 unspecified atom stereocenters. The van der Waals surface area contributed by atoms with Crippen LogP contribution in [0.1, 0.15) is 19.3 Å². The van der Waals surface area contributed by atoms with E-state index in [0.29, 0.717) is 6.04 Å². The fourth-order valence-corrected chi connectivity index (χ4v) is 3.53. The minimum absolute atomic E-state index is 0.239. The van der Waals surface area contributed by atoms with E-state index in [1.165, 1.54) is 25.8 Å². The minimum Gasteiger partial charge on any atom is -0.373 e. The number of aromatic nitrogens is 2. The molecule has 22 heavy (non-hydrogen) atoms. The summed E-state index contributed by atoms with van der Waals surface area (Å²) in [5.74, 6) is 0.898. The van der Waals surface area contributed by atoms with Gasteiger partial charge in [-0.15, -0.1) is 0 Å². The van der Waals surface area contributed by atoms with Crippen LogP contribution in [0.25, 0.3) is 10.9 Å². The first kappa shape index (κ1) is 13.9. The number of piperidine rings is 1. The van der Waals surface area contributed by atoms with E-state index in [9.17, 15) is 0 Å². The lowest BCUT2D eigenvalue weighted by molar-refractivity contribution is -0.0689. The van der Waals surface area contributed by atoms with E-state index in [1.54, 1.807) is 6.33 Å². The average molecular weight is 298 g/mol. The summed E-state index contributed by atoms with van der Waals surface area (Å²) in [6, 6.07) is 8.73. The predicted molar refractivity (Wildman–Crippen MR) is 87.0 cm³/mol. The number of hydrogen-bond donors (Lipinski definition) is 1. The number of morpholine rings is 1. The van der Waals surface area contributed by atoms with Crippen molar-refractivity contribution in [2.24, 2.45) is 0 Å². The summed E-state index contributed by atoms with van der Waals surface area (Å²) in [5.41, 5.74) is 0.973. The average Bonchev–Trinajstić information content (AvgIpc) is 2.60. The Morgan fingerprint density at radius 1 is 1.23 bits per heavy atom. The third kappa shape index (κ3) is 2.78. The van der Waals surface area contributed by atoms with Crippen LogP contribution in [-0.4, -0.2) is 53.3 Å². The molecule has 5 heteroatoms. The highest BCUT2D eigenvalue weighted by molar-refractivity contribution is 5.88. The van der Waals surface area contributed by atoms with Crippen molar-refractivity contribution in [3.8, 4) is 0 Å². The predicted octanol–water partition coefficient (Wildman–Crippen LogP) is 2.29. The highest BCUT2D eigenvalue weighted by Crippen LogP contribution is 2.23. The second kappa shape index (κ2) is 6.18. The van der Waals surface area contributed by atoms with Crippen molar-refractivity contribution in [1.82, 2.24) is 14.9 Å². The Labute approximate surface area is 130 Å². The van der Waals surface area contributed by atoms with Gasteiger partial charge < -0.3 is 10.1 Å². The highest BCUT2D eigenvalue weighted by Gasteiger charge is 2.30. The van der Waals surface area contributed by atoms with E-state index in [4.69, 9.17) is 4.74 Å². The molecule has 0 amide bonds. The van der Waals surface area contributed by atoms with Crippen molar-refractivity contribution >= 4 is 16.7 Å². The second-order valence-corrected chi connectivity index (χ2v) is 6.22. The summed E-state index contributed by atoms with van der Waals surface area (Å²) in [6.45, 7) is 3.92. The standard InChI is InChI=1S/C17H22N4O/c1-2-7-16-15(6-1)17(20-12-19-16)18-9-14-10-21-8-4-3-5-13(21)11-22-14/h1-2,6-7,12-14H,3-5,8-11H2,(H,18,19,20). The van der Waals surface area contributed by atoms with Crippen LogP contribution in [0, 0.1) is 0 Å². The first-order valence-corrected chi connectivity index (χ1v) is 8.19. The maximum Gasteiger partial charge on any atom is 0.137 e. The smallest absolute Gasteiger partial charge is 0.137 e. The molecule has 116 valence electrons. The number of para-hydroxylation sites is 1. The highest BCUT2D eigenvalue weighted by atomic mass is 16.5. The van der Waals surface area contributed by atoms with Gasteiger partial charge in [-0.1, -0.05) is 18.6 Å². The van der Waals surface area contributed by atoms with Crippen LogP contribution in [0.5, 0.6) is 0 Å². The summed E-state index contributed by atoms with van der Waals surface area (Å²) in [4.78, 5) is 11.3. The van der Waals surface area contributed by atoms with Crippen LogP contribution in [0.2, 0.25) is 0 Å². The molecule has 2 saturated heterocycles. The zero-order valence-electron chi connectivity index (χ0n) is 12.7. The lowest BCUT2D eigenvalue weighted by Crippen LogP contribution is -2.53. The van der Waals surface area contributed by atoms with Crippen LogP contribution in [0.3, 0.4) is 0 Å². The van der Waals surface area contributed by atoms with E-state index in [-0.39, 0.29) is 6.10 Å². The lowest BCUT2D eigenvalue weighted by Gasteiger charge is -2.42. The van der Waals surface area contributed by atoms with Gasteiger partial charge in [0.25, 0.3) is 0 Å². The van der Waals surface area contributed by atoms with Crippen molar-refractivity contribution in [3.05, 3.63) is 30.6 Å². The molecule has 0 saturated carbocycles. The van der Waals surface area contributed by atoms with Crippen LogP contribution in [-0.2, 0) is 4.74 Å². The van der Waals surface area contributed by atoms with E-state index in [0.717, 1.165) is 36.4 Å². The molecular weight excluding hydrogens is 276 g/mol. The normalized spacial score (nSPS) is 25.8. The van der Waals surface area contributed by atoms with Crippen molar-refractivity contribution in [2.75, 3.05) is 31.6 Å². The Morgan fingerprint density at radius 2 is 2.18 bits per heavy atom. The van der Waals surface area contributed by atoms with Gasteiger partial charge in [0.05, 0.1) is 18.2 Å². The Kier molecular flexibility index (Phi) is 3.91. The third-order valence-corrected chi connectivity index (χ3v) is 4.75. The van der Waals surface area contributed by atoms with Gasteiger partial charge in [-0.05, 0) is 31.5 Å². The molecule has 3 heterocycles. The van der Waals surface area contributed by atoms with E-state index in [2.05, 4.69) is 26.3 Å². The largest absolute Gasteiger partial charge is 0.373 e. The molecule has 0 bridgehead atoms. The summed E-state index contributed by atoms with van der Waals surface area (Å²) in [7, 11) is 0. The summed E-state index contributed by atoms with van der Waals surface area (Å²) in [5, 5.41) is 4.52. The molecule has 2 fully saturated rings. The number of benzene rings is 1. The van der Waals surface area contributed by atoms with Gasteiger partial charge in [-0.2, -0.15) is 0 Å². The van der Waals surface area contributed by atoms with Crippen LogP contribution in [0.15, 0.2) is 30.6 Å². The summed E-state index contributed by atoms with van der Waals surface area (Å²) < 4.78 is 6.03. The quantitative estimate of drug-likeness (QED) is 0.942. The summed E-state index contributed by atoms with van der Waals surface area (Å²) in [6.07, 6.45) is 5.82. The Balaban J connectivity index is 1.42. The first-order chi connectivity index (χ1) is 10.9. The maximum absolute atomic E-state index is 6.03. The van der Waals surface area contributed by atoms with E-state index >= 15 is 0 Å². The molecule has 1 N–H and O–H groups in total. The van der Waals surface area contributed by atoms with E-state index in [1.807, 2.05) is 18.2 Å². The first-order valence-electron chi connectivity index (χ1n) is 8.19. The van der Waals surface area contributed by atoms with Crippen molar-refractivity contribution in [1.29, 1.82) is 0 Å². The fraction of sp³-hybridized carbons (Fsp3) is 0.529. The Hall–Kier alpha value is -1.72. The fourth-order valence-electron chi connectivity index (χ4n) is 3.53. The maximum atomic E-state index is 6.03. The number of nitrogens with one attached hydrogen (secondary N) is 1. The van der Waals surface area contributed by atoms with Gasteiger partial charge in [-0.3, -0.25) is 4.90 Å². The number of anilines is 1. The minimum atomic E-state index is 0.239. The number of rotatable bonds is 3. The molecule has 1 aromatic carbocycles. The number of ether oxygens (including phenoxy) is 1. The SMILES string of the molecule is c1ccc2c(NCC3CN4CCCCC4CO3)ncnc2c1. The molecule has 2 atom stereocenters. The molecule has 4 rings (SSSR count). The third-order valence-electron chi connectivity index (χ3n) is 4.75. The molecular formula is C17H22N4O. The zero-order valence-corrected chi connectivity index (χ0v) is 12.7. The number of hydrogen-bond acceptors (Lipinski definition) is 5.